The monoisotopic (exact) mass is 292 g/mol. The zero-order valence-corrected chi connectivity index (χ0v) is 11.2. The SMILES string of the molecule is COC(C)C1=C(Br)SCC(NC(C)=O)=N1. The summed E-state index contributed by atoms with van der Waals surface area (Å²) < 4.78 is 6.16. The molecule has 0 fully saturated rings. The fourth-order valence-electron chi connectivity index (χ4n) is 1.06. The Kier molecular flexibility index (Phi) is 4.82. The van der Waals surface area contributed by atoms with E-state index in [9.17, 15) is 4.79 Å². The van der Waals surface area contributed by atoms with Crippen LogP contribution in [0.4, 0.5) is 0 Å². The molecule has 15 heavy (non-hydrogen) atoms. The van der Waals surface area contributed by atoms with Crippen LogP contribution in [0.2, 0.25) is 0 Å². The van der Waals surface area contributed by atoms with Gasteiger partial charge in [-0.2, -0.15) is 0 Å². The molecular weight excluding hydrogens is 280 g/mol. The molecule has 1 heterocycles. The highest BCUT2D eigenvalue weighted by Gasteiger charge is 2.19. The van der Waals surface area contributed by atoms with E-state index in [1.54, 1.807) is 18.9 Å². The van der Waals surface area contributed by atoms with Crippen molar-refractivity contribution in [2.45, 2.75) is 20.0 Å². The van der Waals surface area contributed by atoms with Gasteiger partial charge in [-0.3, -0.25) is 4.79 Å². The molecule has 1 amide bonds. The van der Waals surface area contributed by atoms with Crippen LogP contribution in [0.5, 0.6) is 0 Å². The zero-order valence-electron chi connectivity index (χ0n) is 8.83. The van der Waals surface area contributed by atoms with Gasteiger partial charge in [-0.05, 0) is 22.9 Å². The Morgan fingerprint density at radius 2 is 2.40 bits per heavy atom. The van der Waals surface area contributed by atoms with Gasteiger partial charge in [0.05, 0.1) is 21.4 Å². The van der Waals surface area contributed by atoms with E-state index in [1.165, 1.54) is 6.92 Å². The van der Waals surface area contributed by atoms with E-state index in [2.05, 4.69) is 26.2 Å². The van der Waals surface area contributed by atoms with Gasteiger partial charge >= 0.3 is 0 Å². The maximum Gasteiger partial charge on any atom is 0.222 e. The molecule has 1 aliphatic heterocycles. The number of carbonyl (C=O) groups excluding carboxylic acids is 1. The molecule has 1 atom stereocenters. The molecule has 1 unspecified atom stereocenters. The van der Waals surface area contributed by atoms with E-state index >= 15 is 0 Å². The Balaban J connectivity index is 2.84. The van der Waals surface area contributed by atoms with Crippen molar-refractivity contribution in [2.75, 3.05) is 12.9 Å². The number of methoxy groups -OCH3 is 1. The highest BCUT2D eigenvalue weighted by molar-refractivity contribution is 9.14. The van der Waals surface area contributed by atoms with Crippen LogP contribution in [0.25, 0.3) is 0 Å². The molecule has 6 heteroatoms. The molecule has 1 aliphatic rings. The van der Waals surface area contributed by atoms with Crippen LogP contribution in [0.1, 0.15) is 13.8 Å². The largest absolute Gasteiger partial charge is 0.375 e. The Morgan fingerprint density at radius 3 is 2.93 bits per heavy atom. The molecule has 0 aromatic heterocycles. The fourth-order valence-corrected chi connectivity index (χ4v) is 2.57. The van der Waals surface area contributed by atoms with Crippen molar-refractivity contribution >= 4 is 39.4 Å². The lowest BCUT2D eigenvalue weighted by Gasteiger charge is -2.19. The number of carbonyl (C=O) groups is 1. The summed E-state index contributed by atoms with van der Waals surface area (Å²) in [5, 5.41) is 2.69. The number of ether oxygens (including phenoxy) is 1. The van der Waals surface area contributed by atoms with Crippen LogP contribution in [0.15, 0.2) is 14.5 Å². The van der Waals surface area contributed by atoms with Gasteiger partial charge < -0.3 is 10.1 Å². The fraction of sp³-hybridized carbons (Fsp3) is 0.556. The van der Waals surface area contributed by atoms with E-state index in [4.69, 9.17) is 4.74 Å². The molecule has 1 N–H and O–H groups in total. The maximum atomic E-state index is 10.9. The number of aliphatic imine (C=N–C) groups is 1. The Labute approximate surface area is 102 Å². The molecule has 0 aliphatic carbocycles. The van der Waals surface area contributed by atoms with E-state index in [1.807, 2.05) is 6.92 Å². The van der Waals surface area contributed by atoms with Crippen molar-refractivity contribution < 1.29 is 9.53 Å². The summed E-state index contributed by atoms with van der Waals surface area (Å²) in [6.07, 6.45) is -0.0871. The number of hydrogen-bond donors (Lipinski definition) is 1. The number of nitrogens with zero attached hydrogens (tertiary/aromatic N) is 1. The predicted octanol–water partition coefficient (Wildman–Crippen LogP) is 1.87. The Morgan fingerprint density at radius 1 is 1.73 bits per heavy atom. The van der Waals surface area contributed by atoms with Gasteiger partial charge in [-0.25, -0.2) is 4.99 Å². The third kappa shape index (κ3) is 3.62. The summed E-state index contributed by atoms with van der Waals surface area (Å²) in [6.45, 7) is 3.39. The maximum absolute atomic E-state index is 10.9. The zero-order chi connectivity index (χ0) is 11.4. The topological polar surface area (TPSA) is 50.7 Å². The highest BCUT2D eigenvalue weighted by atomic mass is 79.9. The number of amides is 1. The number of nitrogens with one attached hydrogen (secondary N) is 1. The number of halogens is 1. The van der Waals surface area contributed by atoms with Gasteiger partial charge in [0.1, 0.15) is 5.84 Å². The average Bonchev–Trinajstić information content (AvgIpc) is 2.19. The average molecular weight is 293 g/mol. The van der Waals surface area contributed by atoms with Crippen LogP contribution >= 0.6 is 27.7 Å². The molecule has 0 radical (unpaired) electrons. The van der Waals surface area contributed by atoms with Gasteiger partial charge in [0.15, 0.2) is 0 Å². The molecule has 0 bridgehead atoms. The van der Waals surface area contributed by atoms with E-state index in [0.29, 0.717) is 11.6 Å². The minimum Gasteiger partial charge on any atom is -0.375 e. The van der Waals surface area contributed by atoms with Gasteiger partial charge in [0.2, 0.25) is 5.91 Å². The minimum atomic E-state index is -0.100. The summed E-state index contributed by atoms with van der Waals surface area (Å²) in [5.41, 5.74) is 0.817. The lowest BCUT2D eigenvalue weighted by atomic mass is 10.3. The van der Waals surface area contributed by atoms with Crippen LogP contribution in [0.3, 0.4) is 0 Å². The second-order valence-electron chi connectivity index (χ2n) is 3.07. The summed E-state index contributed by atoms with van der Waals surface area (Å²) in [7, 11) is 1.63. The summed E-state index contributed by atoms with van der Waals surface area (Å²) in [6, 6.07) is 0. The lowest BCUT2D eigenvalue weighted by molar-refractivity contribution is -0.117. The van der Waals surface area contributed by atoms with E-state index < -0.39 is 0 Å². The van der Waals surface area contributed by atoms with E-state index in [0.717, 1.165) is 9.51 Å². The van der Waals surface area contributed by atoms with Crippen LogP contribution < -0.4 is 5.32 Å². The van der Waals surface area contributed by atoms with Crippen molar-refractivity contribution in [2.24, 2.45) is 4.99 Å². The summed E-state index contributed by atoms with van der Waals surface area (Å²) >= 11 is 5.02. The van der Waals surface area contributed by atoms with Gasteiger partial charge in [0.25, 0.3) is 0 Å². The Bertz CT molecular complexity index is 328. The molecule has 0 aromatic carbocycles. The first kappa shape index (κ1) is 12.7. The summed E-state index contributed by atoms with van der Waals surface area (Å²) in [5.74, 6) is 1.24. The standard InChI is InChI=1S/C9H13BrN2O2S/c1-5(14-3)8-9(10)15-4-7(12-8)11-6(2)13/h5H,4H2,1-3H3,(H,11,12,13). The van der Waals surface area contributed by atoms with Gasteiger partial charge in [0, 0.05) is 14.0 Å². The molecule has 0 saturated carbocycles. The number of thioether (sulfide) groups is 1. The van der Waals surface area contributed by atoms with Crippen LogP contribution in [0, 0.1) is 0 Å². The molecule has 84 valence electrons. The quantitative estimate of drug-likeness (QED) is 0.845. The molecular formula is C9H13BrN2O2S. The minimum absolute atomic E-state index is 0.0871. The van der Waals surface area contributed by atoms with Crippen molar-refractivity contribution in [3.8, 4) is 0 Å². The highest BCUT2D eigenvalue weighted by Crippen LogP contribution is 2.32. The number of rotatable bonds is 2. The first-order chi connectivity index (χ1) is 7.04. The molecule has 0 spiro atoms. The normalized spacial score (nSPS) is 18.5. The smallest absolute Gasteiger partial charge is 0.222 e. The molecule has 1 rings (SSSR count). The number of amidine groups is 1. The lowest BCUT2D eigenvalue weighted by Crippen LogP contribution is -2.32. The Hall–Kier alpha value is -0.330. The van der Waals surface area contributed by atoms with Crippen molar-refractivity contribution in [3.63, 3.8) is 0 Å². The first-order valence-electron chi connectivity index (χ1n) is 4.45. The second kappa shape index (κ2) is 5.67. The van der Waals surface area contributed by atoms with Crippen molar-refractivity contribution in [1.29, 1.82) is 0 Å². The van der Waals surface area contributed by atoms with Gasteiger partial charge in [-0.1, -0.05) is 0 Å². The van der Waals surface area contributed by atoms with Crippen molar-refractivity contribution in [1.82, 2.24) is 5.32 Å². The van der Waals surface area contributed by atoms with Crippen LogP contribution in [-0.4, -0.2) is 30.7 Å². The molecule has 0 aromatic rings. The molecule has 0 saturated heterocycles. The summed E-state index contributed by atoms with van der Waals surface area (Å²) in [4.78, 5) is 15.2. The number of hydrogen-bond acceptors (Lipinski definition) is 4. The van der Waals surface area contributed by atoms with Gasteiger partial charge in [-0.15, -0.1) is 11.8 Å². The predicted molar refractivity (Wildman–Crippen MR) is 66.1 cm³/mol. The van der Waals surface area contributed by atoms with Crippen molar-refractivity contribution in [3.05, 3.63) is 9.51 Å². The van der Waals surface area contributed by atoms with Crippen LogP contribution in [-0.2, 0) is 9.53 Å². The molecule has 4 nitrogen and oxygen atoms in total. The first-order valence-corrected chi connectivity index (χ1v) is 6.23. The second-order valence-corrected chi connectivity index (χ2v) is 5.37. The third-order valence-corrected chi connectivity index (χ3v) is 3.82. The third-order valence-electron chi connectivity index (χ3n) is 1.85. The van der Waals surface area contributed by atoms with E-state index in [-0.39, 0.29) is 12.0 Å².